The molecule has 5 nitrogen and oxygen atoms in total. The Morgan fingerprint density at radius 1 is 1.28 bits per heavy atom. The van der Waals surface area contributed by atoms with Crippen molar-refractivity contribution in [2.24, 2.45) is 5.92 Å². The first kappa shape index (κ1) is 18.0. The zero-order valence-corrected chi connectivity index (χ0v) is 15.8. The van der Waals surface area contributed by atoms with Crippen LogP contribution in [-0.4, -0.2) is 36.3 Å². The number of nitrogens with zero attached hydrogens (tertiary/aromatic N) is 1. The smallest absolute Gasteiger partial charge is 0.257 e. The van der Waals surface area contributed by atoms with Crippen molar-refractivity contribution in [2.75, 3.05) is 19.6 Å². The van der Waals surface area contributed by atoms with Crippen molar-refractivity contribution in [1.82, 2.24) is 10.2 Å². The number of carbonyl (C=O) groups is 2. The number of carbonyl (C=O) groups excluding carboxylic acids is 2. The summed E-state index contributed by atoms with van der Waals surface area (Å²) < 4.78 is 5.78. The third-order valence-electron chi connectivity index (χ3n) is 4.39. The number of halogens is 2. The number of likely N-dealkylation sites (tertiary alicyclic amines) is 1. The molecule has 1 aromatic heterocycles. The number of hydrogen-bond acceptors (Lipinski definition) is 3. The summed E-state index contributed by atoms with van der Waals surface area (Å²) >= 11 is 9.43. The zero-order valence-electron chi connectivity index (χ0n) is 13.5. The molecule has 1 N–H and O–H groups in total. The van der Waals surface area contributed by atoms with E-state index in [1.807, 2.05) is 4.90 Å². The molecule has 0 radical (unpaired) electrons. The summed E-state index contributed by atoms with van der Waals surface area (Å²) in [5.41, 5.74) is 1.04. The maximum atomic E-state index is 12.3. The minimum atomic E-state index is -0.178. The number of benzene rings is 1. The molecule has 1 aliphatic heterocycles. The molecule has 1 saturated heterocycles. The summed E-state index contributed by atoms with van der Waals surface area (Å²) in [6.45, 7) is 1.94. The Balaban J connectivity index is 1.48. The highest BCUT2D eigenvalue weighted by atomic mass is 79.9. The molecule has 25 heavy (non-hydrogen) atoms. The molecule has 1 fully saturated rings. The lowest BCUT2D eigenvalue weighted by atomic mass is 9.96. The maximum Gasteiger partial charge on any atom is 0.257 e. The van der Waals surface area contributed by atoms with Gasteiger partial charge in [-0.2, -0.15) is 0 Å². The van der Waals surface area contributed by atoms with Crippen LogP contribution in [-0.2, 0) is 0 Å². The molecule has 0 spiro atoms. The van der Waals surface area contributed by atoms with Crippen molar-refractivity contribution in [2.45, 2.75) is 12.8 Å². The van der Waals surface area contributed by atoms with Gasteiger partial charge in [0.05, 0.1) is 22.4 Å². The first-order valence-corrected chi connectivity index (χ1v) is 9.26. The molecule has 132 valence electrons. The number of nitrogens with one attached hydrogen (secondary N) is 1. The van der Waals surface area contributed by atoms with Crippen molar-refractivity contribution in [3.63, 3.8) is 0 Å². The zero-order chi connectivity index (χ0) is 17.8. The SMILES string of the molecule is O=C(NCC1CCN(C(=O)c2ccoc2)CC1)c1cc(Br)ccc1Cl. The van der Waals surface area contributed by atoms with E-state index in [0.29, 0.717) is 41.7 Å². The molecule has 0 saturated carbocycles. The van der Waals surface area contributed by atoms with Gasteiger partial charge in [-0.1, -0.05) is 27.5 Å². The predicted molar refractivity (Wildman–Crippen MR) is 98.8 cm³/mol. The summed E-state index contributed by atoms with van der Waals surface area (Å²) in [4.78, 5) is 26.4. The highest BCUT2D eigenvalue weighted by Gasteiger charge is 2.24. The van der Waals surface area contributed by atoms with Crippen LogP contribution < -0.4 is 5.32 Å². The van der Waals surface area contributed by atoms with E-state index in [1.165, 1.54) is 12.5 Å². The van der Waals surface area contributed by atoms with Gasteiger partial charge in [0.2, 0.25) is 0 Å². The Labute approximate surface area is 159 Å². The third-order valence-corrected chi connectivity index (χ3v) is 5.22. The van der Waals surface area contributed by atoms with Gasteiger partial charge in [-0.15, -0.1) is 0 Å². The van der Waals surface area contributed by atoms with E-state index in [4.69, 9.17) is 16.0 Å². The summed E-state index contributed by atoms with van der Waals surface area (Å²) in [6.07, 6.45) is 4.69. The monoisotopic (exact) mass is 424 g/mol. The largest absolute Gasteiger partial charge is 0.472 e. The third kappa shape index (κ3) is 4.44. The molecule has 1 aliphatic rings. The number of rotatable bonds is 4. The van der Waals surface area contributed by atoms with Gasteiger partial charge in [0, 0.05) is 24.1 Å². The lowest BCUT2D eigenvalue weighted by molar-refractivity contribution is 0.0683. The average Bonchev–Trinajstić information content (AvgIpc) is 3.16. The molecule has 0 bridgehead atoms. The molecule has 0 atom stereocenters. The van der Waals surface area contributed by atoms with Crippen LogP contribution >= 0.6 is 27.5 Å². The molecule has 0 aliphatic carbocycles. The van der Waals surface area contributed by atoms with Gasteiger partial charge in [-0.25, -0.2) is 0 Å². The van der Waals surface area contributed by atoms with Crippen LogP contribution in [0, 0.1) is 5.92 Å². The van der Waals surface area contributed by atoms with Gasteiger partial charge in [-0.05, 0) is 43.0 Å². The standard InChI is InChI=1S/C18H18BrClN2O3/c19-14-1-2-16(20)15(9-14)17(23)21-10-12-3-6-22(7-4-12)18(24)13-5-8-25-11-13/h1-2,5,8-9,11-12H,3-4,6-7,10H2,(H,21,23). The van der Waals surface area contributed by atoms with Crippen molar-refractivity contribution in [3.05, 3.63) is 57.4 Å². The number of amides is 2. The fourth-order valence-electron chi connectivity index (χ4n) is 2.91. The van der Waals surface area contributed by atoms with Gasteiger partial charge >= 0.3 is 0 Å². The normalized spacial score (nSPS) is 15.2. The van der Waals surface area contributed by atoms with Gasteiger partial charge in [-0.3, -0.25) is 9.59 Å². The Morgan fingerprint density at radius 3 is 2.72 bits per heavy atom. The summed E-state index contributed by atoms with van der Waals surface area (Å²) in [6, 6.07) is 6.88. The predicted octanol–water partition coefficient (Wildman–Crippen LogP) is 3.98. The minimum Gasteiger partial charge on any atom is -0.472 e. The lowest BCUT2D eigenvalue weighted by Crippen LogP contribution is -2.41. The maximum absolute atomic E-state index is 12.3. The lowest BCUT2D eigenvalue weighted by Gasteiger charge is -2.31. The van der Waals surface area contributed by atoms with Crippen LogP contribution in [0.5, 0.6) is 0 Å². The topological polar surface area (TPSA) is 62.6 Å². The molecule has 2 aromatic rings. The van der Waals surface area contributed by atoms with E-state index in [1.54, 1.807) is 24.3 Å². The number of furan rings is 1. The van der Waals surface area contributed by atoms with Crippen LogP contribution in [0.1, 0.15) is 33.6 Å². The fraction of sp³-hybridized carbons (Fsp3) is 0.333. The summed E-state index contributed by atoms with van der Waals surface area (Å²) in [5, 5.41) is 3.38. The summed E-state index contributed by atoms with van der Waals surface area (Å²) in [7, 11) is 0. The van der Waals surface area contributed by atoms with Gasteiger partial charge in [0.25, 0.3) is 11.8 Å². The highest BCUT2D eigenvalue weighted by Crippen LogP contribution is 2.22. The quantitative estimate of drug-likeness (QED) is 0.806. The Kier molecular flexibility index (Phi) is 5.81. The Morgan fingerprint density at radius 2 is 2.04 bits per heavy atom. The van der Waals surface area contributed by atoms with E-state index in [9.17, 15) is 9.59 Å². The molecule has 2 heterocycles. The Hall–Kier alpha value is -1.79. The number of hydrogen-bond donors (Lipinski definition) is 1. The van der Waals surface area contributed by atoms with Gasteiger partial charge < -0.3 is 14.6 Å². The minimum absolute atomic E-state index is 0.00264. The van der Waals surface area contributed by atoms with Crippen LogP contribution in [0.25, 0.3) is 0 Å². The highest BCUT2D eigenvalue weighted by molar-refractivity contribution is 9.10. The van der Waals surface area contributed by atoms with E-state index in [2.05, 4.69) is 21.2 Å². The second-order valence-corrected chi connectivity index (χ2v) is 7.40. The first-order chi connectivity index (χ1) is 12.0. The van der Waals surface area contributed by atoms with Crippen molar-refractivity contribution >= 4 is 39.3 Å². The van der Waals surface area contributed by atoms with Gasteiger partial charge in [0.15, 0.2) is 0 Å². The summed E-state index contributed by atoms with van der Waals surface area (Å²) in [5.74, 6) is 0.170. The van der Waals surface area contributed by atoms with Crippen LogP contribution in [0.3, 0.4) is 0 Å². The second kappa shape index (κ2) is 8.06. The van der Waals surface area contributed by atoms with Gasteiger partial charge in [0.1, 0.15) is 6.26 Å². The van der Waals surface area contributed by atoms with Crippen molar-refractivity contribution in [1.29, 1.82) is 0 Å². The van der Waals surface area contributed by atoms with E-state index in [0.717, 1.165) is 17.3 Å². The first-order valence-electron chi connectivity index (χ1n) is 8.09. The molecule has 1 aromatic carbocycles. The fourth-order valence-corrected chi connectivity index (χ4v) is 3.48. The molecule has 7 heteroatoms. The Bertz CT molecular complexity index is 756. The number of piperidine rings is 1. The molecular formula is C18H18BrClN2O3. The van der Waals surface area contributed by atoms with Crippen LogP contribution in [0.15, 0.2) is 45.7 Å². The molecule has 2 amide bonds. The van der Waals surface area contributed by atoms with E-state index >= 15 is 0 Å². The van der Waals surface area contributed by atoms with E-state index in [-0.39, 0.29) is 11.8 Å². The van der Waals surface area contributed by atoms with Crippen LogP contribution in [0.4, 0.5) is 0 Å². The molecular weight excluding hydrogens is 408 g/mol. The second-order valence-electron chi connectivity index (χ2n) is 6.08. The average molecular weight is 426 g/mol. The molecule has 0 unspecified atom stereocenters. The van der Waals surface area contributed by atoms with Crippen molar-refractivity contribution < 1.29 is 14.0 Å². The van der Waals surface area contributed by atoms with Crippen LogP contribution in [0.2, 0.25) is 5.02 Å². The van der Waals surface area contributed by atoms with Crippen molar-refractivity contribution in [3.8, 4) is 0 Å². The molecule has 3 rings (SSSR count). The van der Waals surface area contributed by atoms with E-state index < -0.39 is 0 Å².